The molecule has 1 fully saturated rings. The molecule has 1 saturated heterocycles. The average molecular weight is 142 g/mol. The largest absolute Gasteiger partial charge is 0.303 e. The molecule has 0 aromatic carbocycles. The van der Waals surface area contributed by atoms with Crippen LogP contribution in [-0.2, 0) is 0 Å². The van der Waals surface area contributed by atoms with Crippen LogP contribution in [0.1, 0.15) is 26.7 Å². The molecule has 0 spiro atoms. The highest BCUT2D eigenvalue weighted by Crippen LogP contribution is 2.08. The van der Waals surface area contributed by atoms with Gasteiger partial charge in [-0.3, -0.25) is 4.90 Å². The zero-order chi connectivity index (χ0) is 7.40. The fraction of sp³-hybridized carbons (Fsp3) is 1.00. The lowest BCUT2D eigenvalue weighted by molar-refractivity contribution is 0.228. The van der Waals surface area contributed by atoms with Crippen LogP contribution in [0.5, 0.6) is 0 Å². The molecule has 0 unspecified atom stereocenters. The van der Waals surface area contributed by atoms with Crippen LogP contribution in [0.15, 0.2) is 0 Å². The Morgan fingerprint density at radius 3 is 2.50 bits per heavy atom. The van der Waals surface area contributed by atoms with Gasteiger partial charge in [-0.1, -0.05) is 13.8 Å². The van der Waals surface area contributed by atoms with Gasteiger partial charge in [0.15, 0.2) is 0 Å². The van der Waals surface area contributed by atoms with E-state index in [1.165, 1.54) is 25.9 Å². The highest BCUT2D eigenvalue weighted by molar-refractivity contribution is 4.73. The van der Waals surface area contributed by atoms with E-state index in [-0.39, 0.29) is 0 Å². The predicted octanol–water partition coefficient (Wildman–Crippen LogP) is 1.04. The smallest absolute Gasteiger partial charge is 0.0484 e. The summed E-state index contributed by atoms with van der Waals surface area (Å²) in [6.45, 7) is 8.06. The maximum absolute atomic E-state index is 3.35. The lowest BCUT2D eigenvalue weighted by Crippen LogP contribution is -2.33. The molecule has 0 bridgehead atoms. The summed E-state index contributed by atoms with van der Waals surface area (Å²) in [4.78, 5) is 2.53. The Balaban J connectivity index is 2.29. The SMILES string of the molecule is CCC(CC)N1CCNC1. The quantitative estimate of drug-likeness (QED) is 0.633. The molecule has 1 heterocycles. The third kappa shape index (κ3) is 1.70. The molecule has 0 radical (unpaired) electrons. The van der Waals surface area contributed by atoms with E-state index in [9.17, 15) is 0 Å². The van der Waals surface area contributed by atoms with Gasteiger partial charge in [-0.05, 0) is 12.8 Å². The van der Waals surface area contributed by atoms with Crippen molar-refractivity contribution in [3.05, 3.63) is 0 Å². The van der Waals surface area contributed by atoms with E-state index in [0.717, 1.165) is 12.7 Å². The van der Waals surface area contributed by atoms with Gasteiger partial charge in [0.2, 0.25) is 0 Å². The molecule has 0 atom stereocenters. The fourth-order valence-electron chi connectivity index (χ4n) is 1.64. The summed E-state index contributed by atoms with van der Waals surface area (Å²) < 4.78 is 0. The van der Waals surface area contributed by atoms with E-state index < -0.39 is 0 Å². The van der Waals surface area contributed by atoms with Gasteiger partial charge in [-0.15, -0.1) is 0 Å². The normalized spacial score (nSPS) is 20.7. The summed E-state index contributed by atoms with van der Waals surface area (Å²) in [5.74, 6) is 0. The molecule has 0 amide bonds. The van der Waals surface area contributed by atoms with E-state index in [0.29, 0.717) is 0 Å². The van der Waals surface area contributed by atoms with Crippen LogP contribution in [-0.4, -0.2) is 30.7 Å². The first-order valence-electron chi connectivity index (χ1n) is 4.33. The Bertz CT molecular complexity index is 83.3. The second-order valence-corrected chi connectivity index (χ2v) is 2.94. The van der Waals surface area contributed by atoms with Gasteiger partial charge in [0, 0.05) is 25.8 Å². The van der Waals surface area contributed by atoms with Crippen molar-refractivity contribution in [1.82, 2.24) is 10.2 Å². The van der Waals surface area contributed by atoms with Crippen molar-refractivity contribution in [1.29, 1.82) is 0 Å². The van der Waals surface area contributed by atoms with Gasteiger partial charge in [0.05, 0.1) is 0 Å². The van der Waals surface area contributed by atoms with Gasteiger partial charge in [0.25, 0.3) is 0 Å². The molecule has 1 aliphatic rings. The van der Waals surface area contributed by atoms with E-state index >= 15 is 0 Å². The van der Waals surface area contributed by atoms with Crippen molar-refractivity contribution >= 4 is 0 Å². The Labute approximate surface area is 63.6 Å². The van der Waals surface area contributed by atoms with Crippen molar-refractivity contribution in [2.75, 3.05) is 19.8 Å². The molecule has 2 nitrogen and oxygen atoms in total. The number of rotatable bonds is 3. The minimum Gasteiger partial charge on any atom is -0.303 e. The molecule has 0 aliphatic carbocycles. The first-order chi connectivity index (χ1) is 4.88. The second kappa shape index (κ2) is 3.94. The molecule has 1 N–H and O–H groups in total. The van der Waals surface area contributed by atoms with Crippen LogP contribution in [0.4, 0.5) is 0 Å². The standard InChI is InChI=1S/C8H18N2/c1-3-8(4-2)10-6-5-9-7-10/h8-9H,3-7H2,1-2H3. The Morgan fingerprint density at radius 2 is 2.10 bits per heavy atom. The lowest BCUT2D eigenvalue weighted by Gasteiger charge is -2.23. The van der Waals surface area contributed by atoms with E-state index in [4.69, 9.17) is 0 Å². The van der Waals surface area contributed by atoms with E-state index in [1.807, 2.05) is 0 Å². The molecule has 0 aromatic heterocycles. The molecule has 0 saturated carbocycles. The Hall–Kier alpha value is -0.0800. The Kier molecular flexibility index (Phi) is 3.16. The van der Waals surface area contributed by atoms with Gasteiger partial charge < -0.3 is 5.32 Å². The van der Waals surface area contributed by atoms with E-state index in [2.05, 4.69) is 24.1 Å². The minimum absolute atomic E-state index is 0.815. The maximum atomic E-state index is 3.35. The fourth-order valence-corrected chi connectivity index (χ4v) is 1.64. The first kappa shape index (κ1) is 8.02. The van der Waals surface area contributed by atoms with Crippen molar-refractivity contribution in [2.45, 2.75) is 32.7 Å². The van der Waals surface area contributed by atoms with Crippen LogP contribution in [0.25, 0.3) is 0 Å². The third-order valence-corrected chi connectivity index (χ3v) is 2.35. The molecule has 2 heteroatoms. The molecule has 60 valence electrons. The number of nitrogens with one attached hydrogen (secondary N) is 1. The summed E-state index contributed by atoms with van der Waals surface area (Å²) >= 11 is 0. The summed E-state index contributed by atoms with van der Waals surface area (Å²) in [6, 6.07) is 0.815. The van der Waals surface area contributed by atoms with Crippen LogP contribution in [0.3, 0.4) is 0 Å². The van der Waals surface area contributed by atoms with Crippen molar-refractivity contribution < 1.29 is 0 Å². The molecule has 10 heavy (non-hydrogen) atoms. The molecule has 0 aromatic rings. The minimum atomic E-state index is 0.815. The van der Waals surface area contributed by atoms with Crippen LogP contribution in [0, 0.1) is 0 Å². The topological polar surface area (TPSA) is 15.3 Å². The highest BCUT2D eigenvalue weighted by atomic mass is 15.3. The number of hydrogen-bond acceptors (Lipinski definition) is 2. The summed E-state index contributed by atoms with van der Waals surface area (Å²) in [5.41, 5.74) is 0. The van der Waals surface area contributed by atoms with E-state index in [1.54, 1.807) is 0 Å². The van der Waals surface area contributed by atoms with Gasteiger partial charge in [-0.25, -0.2) is 0 Å². The van der Waals surface area contributed by atoms with Crippen molar-refractivity contribution in [2.24, 2.45) is 0 Å². The van der Waals surface area contributed by atoms with Gasteiger partial charge in [0.1, 0.15) is 0 Å². The summed E-state index contributed by atoms with van der Waals surface area (Å²) in [7, 11) is 0. The van der Waals surface area contributed by atoms with Crippen LogP contribution in [0.2, 0.25) is 0 Å². The molecular formula is C8H18N2. The highest BCUT2D eigenvalue weighted by Gasteiger charge is 2.17. The predicted molar refractivity (Wildman–Crippen MR) is 43.9 cm³/mol. The van der Waals surface area contributed by atoms with Gasteiger partial charge in [-0.2, -0.15) is 0 Å². The average Bonchev–Trinajstić information content (AvgIpc) is 2.43. The third-order valence-electron chi connectivity index (χ3n) is 2.35. The summed E-state index contributed by atoms with van der Waals surface area (Å²) in [5, 5.41) is 3.35. The maximum Gasteiger partial charge on any atom is 0.0484 e. The number of nitrogens with zero attached hydrogens (tertiary/aromatic N) is 1. The monoisotopic (exact) mass is 142 g/mol. The first-order valence-corrected chi connectivity index (χ1v) is 4.33. The number of hydrogen-bond donors (Lipinski definition) is 1. The van der Waals surface area contributed by atoms with Crippen molar-refractivity contribution in [3.63, 3.8) is 0 Å². The van der Waals surface area contributed by atoms with Crippen molar-refractivity contribution in [3.8, 4) is 0 Å². The summed E-state index contributed by atoms with van der Waals surface area (Å²) in [6.07, 6.45) is 2.58. The van der Waals surface area contributed by atoms with Crippen LogP contribution < -0.4 is 5.32 Å². The van der Waals surface area contributed by atoms with Crippen LogP contribution >= 0.6 is 0 Å². The molecular weight excluding hydrogens is 124 g/mol. The molecule has 1 aliphatic heterocycles. The lowest BCUT2D eigenvalue weighted by atomic mass is 10.1. The zero-order valence-electron chi connectivity index (χ0n) is 7.06. The molecule has 1 rings (SSSR count). The Morgan fingerprint density at radius 1 is 1.40 bits per heavy atom. The second-order valence-electron chi connectivity index (χ2n) is 2.94. The van der Waals surface area contributed by atoms with Gasteiger partial charge >= 0.3 is 0 Å². The zero-order valence-corrected chi connectivity index (χ0v) is 7.06.